The topological polar surface area (TPSA) is 248 Å². The van der Waals surface area contributed by atoms with Crippen molar-refractivity contribution >= 4 is 29.5 Å². The maximum Gasteiger partial charge on any atom is 0.248 e. The Hall–Kier alpha value is -5.24. The number of nitrogens with two attached hydrogens (primary N) is 3. The molecule has 16 heteroatoms. The summed E-state index contributed by atoms with van der Waals surface area (Å²) in [6, 6.07) is 7.37. The quantitative estimate of drug-likeness (QED) is 0.0740. The van der Waals surface area contributed by atoms with E-state index in [2.05, 4.69) is 22.9 Å². The van der Waals surface area contributed by atoms with E-state index in [4.69, 9.17) is 31.9 Å². The van der Waals surface area contributed by atoms with Crippen molar-refractivity contribution in [2.45, 2.75) is 134 Å². The minimum atomic E-state index is -1.30. The van der Waals surface area contributed by atoms with Crippen molar-refractivity contribution in [1.29, 1.82) is 5.26 Å². The molecule has 4 rings (SSSR count). The summed E-state index contributed by atoms with van der Waals surface area (Å²) in [6.45, 7) is 4.43. The van der Waals surface area contributed by atoms with Crippen LogP contribution in [0.5, 0.6) is 11.5 Å². The number of carbonyl (C=O) groups is 5. The SMILES string of the molecule is CCCCCCCCCCCCCC(=O)N1CC(N)CC1C(=O)N(C)[C@@H]1C(=O)N[C@@H](C)C(=O)N[C@H](C(=O)NCC#N)Cc2ccc(OCCN)c(c2)-c2cc1ccc2OCCN. The van der Waals surface area contributed by atoms with Gasteiger partial charge in [0.05, 0.1) is 6.07 Å². The molecule has 0 radical (unpaired) electrons. The van der Waals surface area contributed by atoms with E-state index in [9.17, 15) is 24.0 Å². The second kappa shape index (κ2) is 25.6. The number of unbranched alkanes of at least 4 members (excludes halogenated alkanes) is 10. The van der Waals surface area contributed by atoms with Gasteiger partial charge in [0.25, 0.3) is 0 Å². The molecule has 2 aromatic rings. The Bertz CT molecular complexity index is 1850. The number of amides is 5. The molecular formula is C46H69N9O7. The number of nitrogens with zero attached hydrogens (tertiary/aromatic N) is 3. The van der Waals surface area contributed by atoms with Crippen LogP contribution in [-0.4, -0.2) is 110 Å². The molecular weight excluding hydrogens is 791 g/mol. The number of rotatable bonds is 22. The van der Waals surface area contributed by atoms with E-state index in [1.54, 1.807) is 41.3 Å². The Labute approximate surface area is 367 Å². The van der Waals surface area contributed by atoms with Crippen LogP contribution in [0.4, 0.5) is 0 Å². The van der Waals surface area contributed by atoms with Gasteiger partial charge in [-0.3, -0.25) is 24.0 Å². The average Bonchev–Trinajstić information content (AvgIpc) is 3.66. The van der Waals surface area contributed by atoms with E-state index < -0.39 is 53.8 Å². The number of likely N-dealkylation sites (tertiary alicyclic amines) is 1. The molecule has 1 saturated heterocycles. The van der Waals surface area contributed by atoms with Gasteiger partial charge in [0.2, 0.25) is 29.5 Å². The van der Waals surface area contributed by atoms with Crippen LogP contribution >= 0.6 is 0 Å². The molecule has 2 unspecified atom stereocenters. The van der Waals surface area contributed by atoms with Crippen LogP contribution in [0.25, 0.3) is 11.1 Å². The Kier molecular flexibility index (Phi) is 20.4. The summed E-state index contributed by atoms with van der Waals surface area (Å²) in [6.07, 6.45) is 13.2. The summed E-state index contributed by atoms with van der Waals surface area (Å²) >= 11 is 0. The van der Waals surface area contributed by atoms with E-state index in [0.29, 0.717) is 46.6 Å². The standard InChI is InChI=1S/C46H69N9O7/c1-4-5-6-7-8-9-10-11-12-13-14-15-41(56)55-30-34(50)29-38(55)46(60)54(3)42-33-17-19-40(62-25-22-49)36(28-33)35-26-32(16-18-39(35)61-24-21-48)27-37(44(58)51-23-20-47)53-43(57)31(2)52-45(42)59/h16-19,26,28,31,34,37-38,42H,4-15,21-25,27,29-30,48-50H2,1-3H3,(H,51,58)(H,52,59)(H,53,57)/t31-,34?,37-,38?,42-/m0/s1. The Balaban J connectivity index is 1.66. The smallest absolute Gasteiger partial charge is 0.248 e. The lowest BCUT2D eigenvalue weighted by atomic mass is 9.93. The second-order valence-corrected chi connectivity index (χ2v) is 16.4. The predicted molar refractivity (Wildman–Crippen MR) is 238 cm³/mol. The number of hydrogen-bond acceptors (Lipinski definition) is 11. The first-order valence-electron chi connectivity index (χ1n) is 22.4. The van der Waals surface area contributed by atoms with E-state index >= 15 is 0 Å². The maximum absolute atomic E-state index is 14.6. The number of nitriles is 1. The number of likely N-dealkylation sites (N-methyl/N-ethyl adjacent to an activating group) is 1. The summed E-state index contributed by atoms with van der Waals surface area (Å²) in [5, 5.41) is 17.1. The molecule has 9 N–H and O–H groups in total. The highest BCUT2D eigenvalue weighted by Crippen LogP contribution is 2.40. The van der Waals surface area contributed by atoms with Gasteiger partial charge in [-0.15, -0.1) is 0 Å². The molecule has 2 aliphatic heterocycles. The minimum absolute atomic E-state index is 0.0321. The van der Waals surface area contributed by atoms with Gasteiger partial charge < -0.3 is 52.4 Å². The molecule has 5 amide bonds. The van der Waals surface area contributed by atoms with Crippen molar-refractivity contribution in [1.82, 2.24) is 25.8 Å². The average molecular weight is 860 g/mol. The molecule has 0 aromatic heterocycles. The second-order valence-electron chi connectivity index (χ2n) is 16.4. The number of ether oxygens (including phenoxy) is 2. The summed E-state index contributed by atoms with van der Waals surface area (Å²) in [7, 11) is 1.50. The fourth-order valence-corrected chi connectivity index (χ4v) is 8.16. The normalized spacial score (nSPS) is 20.0. The monoisotopic (exact) mass is 860 g/mol. The number of fused-ring (bicyclic) bond motifs is 5. The van der Waals surface area contributed by atoms with Gasteiger partial charge in [0, 0.05) is 56.7 Å². The third-order valence-electron chi connectivity index (χ3n) is 11.5. The molecule has 4 bridgehead atoms. The number of hydrogen-bond donors (Lipinski definition) is 6. The van der Waals surface area contributed by atoms with Gasteiger partial charge >= 0.3 is 0 Å². The highest BCUT2D eigenvalue weighted by atomic mass is 16.5. The van der Waals surface area contributed by atoms with Crippen LogP contribution in [0, 0.1) is 11.3 Å². The molecule has 16 nitrogen and oxygen atoms in total. The zero-order chi connectivity index (χ0) is 45.0. The molecule has 0 spiro atoms. The number of benzene rings is 2. The molecule has 1 fully saturated rings. The fourth-order valence-electron chi connectivity index (χ4n) is 8.16. The van der Waals surface area contributed by atoms with Crippen LogP contribution in [-0.2, 0) is 30.4 Å². The summed E-state index contributed by atoms with van der Waals surface area (Å²) in [5.41, 5.74) is 20.1. The van der Waals surface area contributed by atoms with Gasteiger partial charge in [-0.25, -0.2) is 0 Å². The summed E-state index contributed by atoms with van der Waals surface area (Å²) in [5.74, 6) is -1.70. The van der Waals surface area contributed by atoms with Crippen molar-refractivity contribution < 1.29 is 33.4 Å². The largest absolute Gasteiger partial charge is 0.492 e. The van der Waals surface area contributed by atoms with Gasteiger partial charge in [0.1, 0.15) is 55.4 Å². The number of nitrogens with one attached hydrogen (secondary N) is 3. The Morgan fingerprint density at radius 1 is 0.871 bits per heavy atom. The van der Waals surface area contributed by atoms with E-state index in [0.717, 1.165) is 19.3 Å². The summed E-state index contributed by atoms with van der Waals surface area (Å²) in [4.78, 5) is 72.7. The first-order valence-corrected chi connectivity index (χ1v) is 22.4. The maximum atomic E-state index is 14.6. The van der Waals surface area contributed by atoms with Gasteiger partial charge in [-0.2, -0.15) is 5.26 Å². The van der Waals surface area contributed by atoms with E-state index in [1.165, 1.54) is 63.8 Å². The van der Waals surface area contributed by atoms with Crippen LogP contribution in [0.2, 0.25) is 0 Å². The lowest BCUT2D eigenvalue weighted by Crippen LogP contribution is -2.55. The van der Waals surface area contributed by atoms with Crippen LogP contribution in [0.15, 0.2) is 36.4 Å². The Morgan fingerprint density at radius 3 is 2.08 bits per heavy atom. The van der Waals surface area contributed by atoms with Gasteiger partial charge in [0.15, 0.2) is 0 Å². The zero-order valence-corrected chi connectivity index (χ0v) is 36.9. The molecule has 2 aromatic carbocycles. The Morgan fingerprint density at radius 2 is 1.47 bits per heavy atom. The first-order chi connectivity index (χ1) is 29.9. The lowest BCUT2D eigenvalue weighted by molar-refractivity contribution is -0.147. The highest BCUT2D eigenvalue weighted by molar-refractivity contribution is 5.96. The molecule has 5 atom stereocenters. The number of carbonyl (C=O) groups excluding carboxylic acids is 5. The third-order valence-corrected chi connectivity index (χ3v) is 11.5. The van der Waals surface area contributed by atoms with E-state index in [1.807, 2.05) is 6.07 Å². The first kappa shape index (κ1) is 49.4. The molecule has 340 valence electrons. The van der Waals surface area contributed by atoms with Crippen LogP contribution in [0.3, 0.4) is 0 Å². The predicted octanol–water partition coefficient (Wildman–Crippen LogP) is 3.34. The van der Waals surface area contributed by atoms with Crippen molar-refractivity contribution in [3.05, 3.63) is 47.5 Å². The van der Waals surface area contributed by atoms with Crippen molar-refractivity contribution in [2.24, 2.45) is 17.2 Å². The minimum Gasteiger partial charge on any atom is -0.492 e. The third kappa shape index (κ3) is 14.1. The fraction of sp³-hybridized carbons (Fsp3) is 0.609. The molecule has 62 heavy (non-hydrogen) atoms. The molecule has 0 aliphatic carbocycles. The van der Waals surface area contributed by atoms with Gasteiger partial charge in [-0.1, -0.05) is 83.3 Å². The van der Waals surface area contributed by atoms with Crippen molar-refractivity contribution in [3.8, 4) is 28.7 Å². The van der Waals surface area contributed by atoms with Crippen LogP contribution in [0.1, 0.15) is 114 Å². The zero-order valence-electron chi connectivity index (χ0n) is 36.9. The lowest BCUT2D eigenvalue weighted by Gasteiger charge is -2.34. The highest BCUT2D eigenvalue weighted by Gasteiger charge is 2.42. The van der Waals surface area contributed by atoms with Crippen LogP contribution < -0.4 is 42.6 Å². The van der Waals surface area contributed by atoms with Gasteiger partial charge in [-0.05, 0) is 55.2 Å². The molecule has 2 aliphatic rings. The van der Waals surface area contributed by atoms with Crippen molar-refractivity contribution in [2.75, 3.05) is 46.4 Å². The van der Waals surface area contributed by atoms with E-state index in [-0.39, 0.29) is 58.1 Å². The summed E-state index contributed by atoms with van der Waals surface area (Å²) < 4.78 is 12.2. The van der Waals surface area contributed by atoms with Crippen molar-refractivity contribution in [3.63, 3.8) is 0 Å². The molecule has 0 saturated carbocycles. The molecule has 2 heterocycles.